The van der Waals surface area contributed by atoms with Crippen LogP contribution in [-0.2, 0) is 9.53 Å². The van der Waals surface area contributed by atoms with Crippen LogP contribution in [0.5, 0.6) is 11.5 Å². The van der Waals surface area contributed by atoms with Crippen LogP contribution in [0, 0.1) is 0 Å². The summed E-state index contributed by atoms with van der Waals surface area (Å²) in [6, 6.07) is 24.8. The van der Waals surface area contributed by atoms with Crippen molar-refractivity contribution in [1.29, 1.82) is 0 Å². The second kappa shape index (κ2) is 9.42. The average molecular weight is 374 g/mol. The van der Waals surface area contributed by atoms with Gasteiger partial charge in [0.2, 0.25) is 0 Å². The lowest BCUT2D eigenvalue weighted by atomic mass is 10.0. The van der Waals surface area contributed by atoms with Gasteiger partial charge in [0.1, 0.15) is 0 Å². The molecule has 28 heavy (non-hydrogen) atoms. The van der Waals surface area contributed by atoms with Gasteiger partial charge in [-0.15, -0.1) is 0 Å². The van der Waals surface area contributed by atoms with Crippen LogP contribution in [0.3, 0.4) is 0 Å². The molecule has 0 saturated heterocycles. The Morgan fingerprint density at radius 1 is 0.786 bits per heavy atom. The van der Waals surface area contributed by atoms with Crippen molar-refractivity contribution >= 4 is 12.0 Å². The zero-order chi connectivity index (χ0) is 19.8. The molecule has 4 heteroatoms. The third-order valence-corrected chi connectivity index (χ3v) is 4.27. The summed E-state index contributed by atoms with van der Waals surface area (Å²) < 4.78 is 16.5. The minimum absolute atomic E-state index is 0.442. The summed E-state index contributed by atoms with van der Waals surface area (Å²) in [5, 5.41) is 0. The number of carbonyl (C=O) groups excluding carboxylic acids is 1. The molecular weight excluding hydrogens is 352 g/mol. The SMILES string of the molecule is COc1cccc(/C=C/C(=O)OC(c2ccccc2)c2ccccc2)c1OC. The number of ether oxygens (including phenoxy) is 3. The van der Waals surface area contributed by atoms with Crippen LogP contribution < -0.4 is 9.47 Å². The van der Waals surface area contributed by atoms with E-state index >= 15 is 0 Å². The largest absolute Gasteiger partial charge is 0.493 e. The fourth-order valence-corrected chi connectivity index (χ4v) is 2.94. The highest BCUT2D eigenvalue weighted by Crippen LogP contribution is 2.32. The van der Waals surface area contributed by atoms with E-state index in [2.05, 4.69) is 0 Å². The van der Waals surface area contributed by atoms with E-state index in [1.54, 1.807) is 26.4 Å². The van der Waals surface area contributed by atoms with Gasteiger partial charge in [0.05, 0.1) is 14.2 Å². The number of rotatable bonds is 7. The minimum Gasteiger partial charge on any atom is -0.493 e. The molecule has 0 radical (unpaired) electrons. The van der Waals surface area contributed by atoms with Gasteiger partial charge in [0.15, 0.2) is 17.6 Å². The van der Waals surface area contributed by atoms with Crippen LogP contribution in [0.1, 0.15) is 22.8 Å². The topological polar surface area (TPSA) is 44.8 Å². The smallest absolute Gasteiger partial charge is 0.331 e. The van der Waals surface area contributed by atoms with Crippen LogP contribution in [0.4, 0.5) is 0 Å². The first-order valence-electron chi connectivity index (χ1n) is 8.92. The fourth-order valence-electron chi connectivity index (χ4n) is 2.94. The molecule has 0 saturated carbocycles. The van der Waals surface area contributed by atoms with E-state index in [9.17, 15) is 4.79 Å². The summed E-state index contributed by atoms with van der Waals surface area (Å²) in [5.41, 5.74) is 2.55. The Kier molecular flexibility index (Phi) is 6.47. The van der Waals surface area contributed by atoms with E-state index in [0.29, 0.717) is 11.5 Å². The maximum atomic E-state index is 12.5. The van der Waals surface area contributed by atoms with Gasteiger partial charge in [0, 0.05) is 11.6 Å². The number of carbonyl (C=O) groups is 1. The maximum absolute atomic E-state index is 12.5. The van der Waals surface area contributed by atoms with Crippen molar-refractivity contribution in [2.45, 2.75) is 6.10 Å². The predicted octanol–water partition coefficient (Wildman–Crippen LogP) is 5.05. The molecule has 0 heterocycles. The molecule has 0 atom stereocenters. The Morgan fingerprint density at radius 2 is 1.39 bits per heavy atom. The zero-order valence-electron chi connectivity index (χ0n) is 15.9. The molecule has 0 aliphatic heterocycles. The maximum Gasteiger partial charge on any atom is 0.331 e. The molecule has 0 bridgehead atoms. The number of esters is 1. The van der Waals surface area contributed by atoms with E-state index < -0.39 is 12.1 Å². The molecule has 0 N–H and O–H groups in total. The number of hydrogen-bond acceptors (Lipinski definition) is 4. The molecule has 0 spiro atoms. The molecule has 0 amide bonds. The Hall–Kier alpha value is -3.53. The molecule has 3 aromatic carbocycles. The Morgan fingerprint density at radius 3 is 1.93 bits per heavy atom. The van der Waals surface area contributed by atoms with Gasteiger partial charge in [0.25, 0.3) is 0 Å². The first-order chi connectivity index (χ1) is 13.7. The standard InChI is InChI=1S/C24H22O4/c1-26-21-15-9-14-20(24(21)27-2)16-17-22(25)28-23(18-10-5-3-6-11-18)19-12-7-4-8-13-19/h3-17,23H,1-2H3/b17-16+. The lowest BCUT2D eigenvalue weighted by Gasteiger charge is -2.18. The second-order valence-corrected chi connectivity index (χ2v) is 6.05. The number of benzene rings is 3. The van der Waals surface area contributed by atoms with Crippen molar-refractivity contribution in [3.05, 3.63) is 102 Å². The molecular formula is C24H22O4. The van der Waals surface area contributed by atoms with Crippen molar-refractivity contribution < 1.29 is 19.0 Å². The first-order valence-corrected chi connectivity index (χ1v) is 8.92. The molecule has 0 aliphatic rings. The van der Waals surface area contributed by atoms with Crippen molar-refractivity contribution in [3.63, 3.8) is 0 Å². The highest BCUT2D eigenvalue weighted by atomic mass is 16.5. The summed E-state index contributed by atoms with van der Waals surface area (Å²) in [6.45, 7) is 0. The van der Waals surface area contributed by atoms with E-state index in [-0.39, 0.29) is 0 Å². The predicted molar refractivity (Wildman–Crippen MR) is 109 cm³/mol. The van der Waals surface area contributed by atoms with Crippen LogP contribution >= 0.6 is 0 Å². The normalized spacial score (nSPS) is 10.8. The lowest BCUT2D eigenvalue weighted by Crippen LogP contribution is -2.10. The van der Waals surface area contributed by atoms with Crippen molar-refractivity contribution in [3.8, 4) is 11.5 Å². The number of para-hydroxylation sites is 1. The van der Waals surface area contributed by atoms with Gasteiger partial charge in [-0.05, 0) is 23.3 Å². The van der Waals surface area contributed by atoms with Crippen molar-refractivity contribution in [1.82, 2.24) is 0 Å². The summed E-state index contributed by atoms with van der Waals surface area (Å²) in [5.74, 6) is 0.726. The monoisotopic (exact) mass is 374 g/mol. The summed E-state index contributed by atoms with van der Waals surface area (Å²) >= 11 is 0. The molecule has 0 fully saturated rings. The molecule has 0 aromatic heterocycles. The van der Waals surface area contributed by atoms with Crippen molar-refractivity contribution in [2.75, 3.05) is 14.2 Å². The highest BCUT2D eigenvalue weighted by molar-refractivity contribution is 5.88. The van der Waals surface area contributed by atoms with E-state index in [1.807, 2.05) is 72.8 Å². The fraction of sp³-hybridized carbons (Fsp3) is 0.125. The molecule has 142 valence electrons. The van der Waals surface area contributed by atoms with Crippen molar-refractivity contribution in [2.24, 2.45) is 0 Å². The molecule has 0 unspecified atom stereocenters. The lowest BCUT2D eigenvalue weighted by molar-refractivity contribution is -0.141. The summed E-state index contributed by atoms with van der Waals surface area (Å²) in [6.07, 6.45) is 2.58. The first kappa shape index (κ1) is 19.2. The van der Waals surface area contributed by atoms with Gasteiger partial charge in [-0.25, -0.2) is 4.79 Å². The van der Waals surface area contributed by atoms with Gasteiger partial charge >= 0.3 is 5.97 Å². The Labute approximate surface area is 165 Å². The Balaban J connectivity index is 1.83. The van der Waals surface area contributed by atoms with E-state index in [0.717, 1.165) is 16.7 Å². The Bertz CT molecular complexity index is 894. The molecule has 4 nitrogen and oxygen atoms in total. The van der Waals surface area contributed by atoms with Crippen LogP contribution in [0.15, 0.2) is 84.9 Å². The number of methoxy groups -OCH3 is 2. The summed E-state index contributed by atoms with van der Waals surface area (Å²) in [7, 11) is 3.14. The van der Waals surface area contributed by atoms with E-state index in [1.165, 1.54) is 6.08 Å². The average Bonchev–Trinajstić information content (AvgIpc) is 2.76. The third kappa shape index (κ3) is 4.60. The molecule has 0 aliphatic carbocycles. The van der Waals surface area contributed by atoms with Gasteiger partial charge in [-0.2, -0.15) is 0 Å². The molecule has 3 aromatic rings. The van der Waals surface area contributed by atoms with Crippen LogP contribution in [-0.4, -0.2) is 20.2 Å². The zero-order valence-corrected chi connectivity index (χ0v) is 15.9. The number of hydrogen-bond donors (Lipinski definition) is 0. The second-order valence-electron chi connectivity index (χ2n) is 6.05. The van der Waals surface area contributed by atoms with Gasteiger partial charge in [-0.1, -0.05) is 72.8 Å². The summed E-state index contributed by atoms with van der Waals surface area (Å²) in [4.78, 5) is 12.5. The molecule has 3 rings (SSSR count). The van der Waals surface area contributed by atoms with Crippen LogP contribution in [0.2, 0.25) is 0 Å². The van der Waals surface area contributed by atoms with Gasteiger partial charge in [-0.3, -0.25) is 0 Å². The highest BCUT2D eigenvalue weighted by Gasteiger charge is 2.17. The quantitative estimate of drug-likeness (QED) is 0.429. The minimum atomic E-state index is -0.480. The van der Waals surface area contributed by atoms with E-state index in [4.69, 9.17) is 14.2 Å². The van der Waals surface area contributed by atoms with Crippen LogP contribution in [0.25, 0.3) is 6.08 Å². The third-order valence-electron chi connectivity index (χ3n) is 4.27. The van der Waals surface area contributed by atoms with Gasteiger partial charge < -0.3 is 14.2 Å².